The summed E-state index contributed by atoms with van der Waals surface area (Å²) in [6.07, 6.45) is 6.95. The molecule has 0 aromatic heterocycles. The maximum atomic E-state index is 14.1. The van der Waals surface area contributed by atoms with Gasteiger partial charge in [-0.3, -0.25) is 14.4 Å². The van der Waals surface area contributed by atoms with Crippen LogP contribution in [0.4, 0.5) is 5.69 Å². The van der Waals surface area contributed by atoms with Crippen LogP contribution in [-0.4, -0.2) is 70.8 Å². The quantitative estimate of drug-likeness (QED) is 0.531. The molecule has 4 aliphatic heterocycles. The van der Waals surface area contributed by atoms with E-state index in [-0.39, 0.29) is 25.7 Å². The van der Waals surface area contributed by atoms with Crippen molar-refractivity contribution in [1.82, 2.24) is 4.90 Å². The summed E-state index contributed by atoms with van der Waals surface area (Å²) in [5.41, 5.74) is -2.00. The van der Waals surface area contributed by atoms with Crippen LogP contribution in [0.15, 0.2) is 48.6 Å². The molecule has 9 heteroatoms. The van der Waals surface area contributed by atoms with Crippen molar-refractivity contribution < 1.29 is 29.0 Å². The smallest absolute Gasteiger partial charge is 0.313 e. The predicted octanol–water partition coefficient (Wildman–Crippen LogP) is 1.71. The maximum absolute atomic E-state index is 14.1. The molecule has 0 radical (unpaired) electrons. The largest absolute Gasteiger partial charge is 0.461 e. The van der Waals surface area contributed by atoms with Gasteiger partial charge in [0.25, 0.3) is 5.91 Å². The van der Waals surface area contributed by atoms with Crippen LogP contribution < -0.4 is 4.90 Å². The Labute approximate surface area is 196 Å². The Morgan fingerprint density at radius 3 is 2.64 bits per heavy atom. The number of benzene rings is 1. The van der Waals surface area contributed by atoms with Gasteiger partial charge in [0.05, 0.1) is 34.9 Å². The highest BCUT2D eigenvalue weighted by Gasteiger charge is 2.75. The number of nitrogens with zero attached hydrogens (tertiary/aromatic N) is 2. The number of halogens is 1. The number of likely N-dealkylation sites (tertiary alicyclic amines) is 1. The number of hydrogen-bond donors (Lipinski definition) is 1. The van der Waals surface area contributed by atoms with Gasteiger partial charge in [-0.25, -0.2) is 0 Å². The first-order valence-corrected chi connectivity index (χ1v) is 11.3. The van der Waals surface area contributed by atoms with E-state index in [0.717, 1.165) is 0 Å². The lowest BCUT2D eigenvalue weighted by molar-refractivity contribution is -0.157. The number of cyclic esters (lactones) is 1. The minimum atomic E-state index is -1.40. The van der Waals surface area contributed by atoms with Crippen LogP contribution in [0.1, 0.15) is 13.8 Å². The third-order valence-electron chi connectivity index (χ3n) is 7.13. The van der Waals surface area contributed by atoms with Gasteiger partial charge < -0.3 is 24.4 Å². The standard InChI is InChI=1S/C24H25ClN2O6/c1-14(13-28)27-19-21(30)26(16-8-4-3-7-15(16)25)11-5-10-24(19)17(20(27)29)18-22(31)32-12-6-9-23(18,2)33-24/h3-10,14,17-19,28H,11-13H2,1-2H3/t14-,17+,18-,19?,23+,24+/m1/s1. The third-order valence-corrected chi connectivity index (χ3v) is 7.45. The van der Waals surface area contributed by atoms with Crippen LogP contribution >= 0.6 is 11.6 Å². The molecule has 5 rings (SSSR count). The fourth-order valence-electron chi connectivity index (χ4n) is 5.74. The Balaban J connectivity index is 1.69. The van der Waals surface area contributed by atoms with Crippen LogP contribution in [0.2, 0.25) is 5.02 Å². The first-order valence-electron chi connectivity index (χ1n) is 11.0. The van der Waals surface area contributed by atoms with Crippen LogP contribution in [0.3, 0.4) is 0 Å². The zero-order chi connectivity index (χ0) is 23.5. The summed E-state index contributed by atoms with van der Waals surface area (Å²) in [6.45, 7) is 3.37. The molecule has 1 unspecified atom stereocenters. The van der Waals surface area contributed by atoms with Crippen molar-refractivity contribution >= 4 is 35.1 Å². The fourth-order valence-corrected chi connectivity index (χ4v) is 5.98. The van der Waals surface area contributed by atoms with Crippen LogP contribution in [0.5, 0.6) is 0 Å². The van der Waals surface area contributed by atoms with Gasteiger partial charge in [-0.15, -0.1) is 0 Å². The van der Waals surface area contributed by atoms with Gasteiger partial charge in [0.15, 0.2) is 0 Å². The maximum Gasteiger partial charge on any atom is 0.313 e. The molecule has 6 atom stereocenters. The molecule has 0 aliphatic carbocycles. The van der Waals surface area contributed by atoms with E-state index in [4.69, 9.17) is 21.1 Å². The lowest BCUT2D eigenvalue weighted by Gasteiger charge is -2.39. The Bertz CT molecular complexity index is 1090. The van der Waals surface area contributed by atoms with Gasteiger partial charge in [0.1, 0.15) is 24.2 Å². The number of carbonyl (C=O) groups excluding carboxylic acids is 3. The van der Waals surface area contributed by atoms with Crippen molar-refractivity contribution in [2.45, 2.75) is 37.1 Å². The van der Waals surface area contributed by atoms with E-state index in [1.807, 2.05) is 0 Å². The number of esters is 1. The molecule has 1 aromatic carbocycles. The Morgan fingerprint density at radius 2 is 1.91 bits per heavy atom. The average Bonchev–Trinajstić information content (AvgIpc) is 3.05. The number of anilines is 1. The van der Waals surface area contributed by atoms with E-state index in [9.17, 15) is 19.5 Å². The number of aliphatic hydroxyl groups excluding tert-OH is 1. The summed E-state index contributed by atoms with van der Waals surface area (Å²) < 4.78 is 11.9. The molecule has 1 spiro atoms. The van der Waals surface area contributed by atoms with Gasteiger partial charge >= 0.3 is 5.97 Å². The summed E-state index contributed by atoms with van der Waals surface area (Å²) >= 11 is 6.40. The first-order chi connectivity index (χ1) is 15.7. The molecule has 4 heterocycles. The van der Waals surface area contributed by atoms with E-state index < -0.39 is 47.0 Å². The van der Waals surface area contributed by atoms with Crippen molar-refractivity contribution in [2.24, 2.45) is 11.8 Å². The first kappa shape index (κ1) is 22.1. The summed E-state index contributed by atoms with van der Waals surface area (Å²) in [6, 6.07) is 5.23. The number of ether oxygens (including phenoxy) is 2. The fraction of sp³-hybridized carbons (Fsp3) is 0.458. The molecule has 2 fully saturated rings. The number of hydrogen-bond acceptors (Lipinski definition) is 6. The molecule has 2 amide bonds. The highest BCUT2D eigenvalue weighted by Crippen LogP contribution is 2.57. The lowest BCUT2D eigenvalue weighted by Crippen LogP contribution is -2.58. The Morgan fingerprint density at radius 1 is 1.15 bits per heavy atom. The Hall–Kier alpha value is -2.68. The van der Waals surface area contributed by atoms with Gasteiger partial charge in [0, 0.05) is 6.54 Å². The van der Waals surface area contributed by atoms with Crippen LogP contribution in [0.25, 0.3) is 0 Å². The minimum Gasteiger partial charge on any atom is -0.461 e. The van der Waals surface area contributed by atoms with Gasteiger partial charge in [-0.2, -0.15) is 0 Å². The monoisotopic (exact) mass is 472 g/mol. The number of rotatable bonds is 3. The van der Waals surface area contributed by atoms with Crippen LogP contribution in [-0.2, 0) is 23.9 Å². The Kier molecular flexibility index (Phi) is 5.15. The third kappa shape index (κ3) is 3.01. The second-order valence-electron chi connectivity index (χ2n) is 9.11. The van der Waals surface area contributed by atoms with E-state index in [1.165, 1.54) is 9.80 Å². The number of carbonyl (C=O) groups is 3. The molecule has 0 saturated carbocycles. The van der Waals surface area contributed by atoms with Gasteiger partial charge in [-0.1, -0.05) is 42.0 Å². The van der Waals surface area contributed by atoms with Crippen molar-refractivity contribution in [1.29, 1.82) is 0 Å². The number of amides is 2. The minimum absolute atomic E-state index is 0.0947. The highest BCUT2D eigenvalue weighted by molar-refractivity contribution is 6.34. The highest BCUT2D eigenvalue weighted by atomic mass is 35.5. The number of para-hydroxylation sites is 1. The summed E-state index contributed by atoms with van der Waals surface area (Å²) in [7, 11) is 0. The average molecular weight is 473 g/mol. The molecular weight excluding hydrogens is 448 g/mol. The van der Waals surface area contributed by atoms with Crippen molar-refractivity contribution in [2.75, 3.05) is 24.7 Å². The van der Waals surface area contributed by atoms with Gasteiger partial charge in [0.2, 0.25) is 5.91 Å². The molecule has 4 aliphatic rings. The second-order valence-corrected chi connectivity index (χ2v) is 9.52. The number of fused-ring (bicyclic) bond motifs is 2. The molecule has 174 valence electrons. The van der Waals surface area contributed by atoms with E-state index >= 15 is 0 Å². The van der Waals surface area contributed by atoms with Crippen molar-refractivity contribution in [3.05, 3.63) is 53.6 Å². The topological polar surface area (TPSA) is 96.4 Å². The zero-order valence-electron chi connectivity index (χ0n) is 18.3. The SMILES string of the molecule is C[C@H](CO)N1C(=O)[C@@H]2[C@@H]3C(=O)OCC=C[C@]3(C)O[C@@]23C=CCN(c2ccccc2Cl)C(=O)C13. The van der Waals surface area contributed by atoms with E-state index in [1.54, 1.807) is 62.4 Å². The summed E-state index contributed by atoms with van der Waals surface area (Å²) in [4.78, 5) is 43.8. The van der Waals surface area contributed by atoms with Crippen molar-refractivity contribution in [3.63, 3.8) is 0 Å². The predicted molar refractivity (Wildman–Crippen MR) is 119 cm³/mol. The molecule has 33 heavy (non-hydrogen) atoms. The van der Waals surface area contributed by atoms with E-state index in [2.05, 4.69) is 0 Å². The molecule has 1 aromatic rings. The van der Waals surface area contributed by atoms with Crippen LogP contribution in [0, 0.1) is 11.8 Å². The number of aliphatic hydroxyl groups is 1. The molecule has 1 N–H and O–H groups in total. The van der Waals surface area contributed by atoms with Crippen molar-refractivity contribution in [3.8, 4) is 0 Å². The molecular formula is C24H25ClN2O6. The zero-order valence-corrected chi connectivity index (χ0v) is 19.1. The normalized spacial score (nSPS) is 36.1. The van der Waals surface area contributed by atoms with E-state index in [0.29, 0.717) is 10.7 Å². The summed E-state index contributed by atoms with van der Waals surface area (Å²) in [5, 5.41) is 10.3. The lowest BCUT2D eigenvalue weighted by atomic mass is 9.75. The summed E-state index contributed by atoms with van der Waals surface area (Å²) in [5.74, 6) is -3.24. The molecule has 8 nitrogen and oxygen atoms in total. The molecule has 0 bridgehead atoms. The van der Waals surface area contributed by atoms with Gasteiger partial charge in [-0.05, 0) is 32.1 Å². The molecule has 2 saturated heterocycles. The second kappa shape index (κ2) is 7.68.